The highest BCUT2D eigenvalue weighted by atomic mass is 16.5. The van der Waals surface area contributed by atoms with Gasteiger partial charge in [0.25, 0.3) is 17.7 Å². The van der Waals surface area contributed by atoms with Gasteiger partial charge in [-0.1, -0.05) is 43.2 Å². The summed E-state index contributed by atoms with van der Waals surface area (Å²) in [7, 11) is 1.34. The molecule has 7 nitrogen and oxygen atoms in total. The number of likely N-dealkylation sites (tertiary alicyclic amines) is 1. The monoisotopic (exact) mass is 460 g/mol. The fourth-order valence-corrected chi connectivity index (χ4v) is 5.76. The number of rotatable bonds is 5. The zero-order valence-corrected chi connectivity index (χ0v) is 19.2. The number of hydrogen-bond donors (Lipinski definition) is 0. The van der Waals surface area contributed by atoms with Crippen LogP contribution in [0.15, 0.2) is 48.5 Å². The van der Waals surface area contributed by atoms with Crippen molar-refractivity contribution < 1.29 is 23.9 Å². The molecule has 1 saturated carbocycles. The molecule has 3 amide bonds. The quantitative estimate of drug-likeness (QED) is 0.504. The molecule has 1 aliphatic carbocycles. The average molecular weight is 461 g/mol. The number of hydrogen-bond acceptors (Lipinski definition) is 5. The zero-order chi connectivity index (χ0) is 23.8. The molecule has 2 aromatic carbocycles. The van der Waals surface area contributed by atoms with Crippen LogP contribution in [0.3, 0.4) is 0 Å². The van der Waals surface area contributed by atoms with Gasteiger partial charge in [-0.15, -0.1) is 0 Å². The molecule has 2 heterocycles. The van der Waals surface area contributed by atoms with Crippen molar-refractivity contribution in [2.75, 3.05) is 13.7 Å². The van der Waals surface area contributed by atoms with Crippen LogP contribution in [0.5, 0.6) is 0 Å². The van der Waals surface area contributed by atoms with Gasteiger partial charge >= 0.3 is 5.97 Å². The van der Waals surface area contributed by atoms with Gasteiger partial charge in [0, 0.05) is 18.2 Å². The minimum absolute atomic E-state index is 0.00157. The van der Waals surface area contributed by atoms with Gasteiger partial charge in [0.2, 0.25) is 0 Å². The van der Waals surface area contributed by atoms with E-state index in [0.29, 0.717) is 24.0 Å². The smallest absolute Gasteiger partial charge is 0.328 e. The number of amides is 3. The number of esters is 1. The molecule has 0 bridgehead atoms. The van der Waals surface area contributed by atoms with Gasteiger partial charge < -0.3 is 9.64 Å². The first-order valence-electron chi connectivity index (χ1n) is 11.9. The number of fused-ring (bicyclic) bond motifs is 2. The van der Waals surface area contributed by atoms with E-state index in [1.54, 1.807) is 17.0 Å². The van der Waals surface area contributed by atoms with E-state index < -0.39 is 12.0 Å². The summed E-state index contributed by atoms with van der Waals surface area (Å²) in [5.74, 6) is -1.12. The molecule has 0 spiro atoms. The molecule has 3 aliphatic rings. The largest absolute Gasteiger partial charge is 0.467 e. The number of methoxy groups -OCH3 is 1. The standard InChI is InChI=1S/C27H28N2O5/c1-34-27(33)23-16-18-9-5-6-10-22(18)29(23)24(30)19-11-12-20-21(15-19)26(32)28(25(20)31)14-13-17-7-3-2-4-8-17/h2-4,7-8,11-12,15,18,22-23H,5-6,9-10,13-14,16H2,1H3. The first-order chi connectivity index (χ1) is 16.5. The van der Waals surface area contributed by atoms with Crippen molar-refractivity contribution in [2.24, 2.45) is 5.92 Å². The Labute approximate surface area is 198 Å². The summed E-state index contributed by atoms with van der Waals surface area (Å²) >= 11 is 0. The zero-order valence-electron chi connectivity index (χ0n) is 19.2. The van der Waals surface area contributed by atoms with Crippen LogP contribution in [0.4, 0.5) is 0 Å². The van der Waals surface area contributed by atoms with E-state index in [1.807, 2.05) is 30.3 Å². The minimum Gasteiger partial charge on any atom is -0.467 e. The summed E-state index contributed by atoms with van der Waals surface area (Å²) in [5.41, 5.74) is 1.93. The van der Waals surface area contributed by atoms with Crippen molar-refractivity contribution >= 4 is 23.7 Å². The molecule has 0 N–H and O–H groups in total. The molecule has 2 aliphatic heterocycles. The highest BCUT2D eigenvalue weighted by Crippen LogP contribution is 2.41. The highest BCUT2D eigenvalue weighted by Gasteiger charge is 2.48. The van der Waals surface area contributed by atoms with Crippen LogP contribution in [0.2, 0.25) is 0 Å². The first-order valence-corrected chi connectivity index (χ1v) is 11.9. The lowest BCUT2D eigenvalue weighted by atomic mass is 9.84. The van der Waals surface area contributed by atoms with E-state index in [0.717, 1.165) is 31.2 Å². The van der Waals surface area contributed by atoms with Crippen LogP contribution in [-0.2, 0) is 16.0 Å². The third kappa shape index (κ3) is 3.79. The Morgan fingerprint density at radius 2 is 1.71 bits per heavy atom. The second-order valence-electron chi connectivity index (χ2n) is 9.36. The van der Waals surface area contributed by atoms with Gasteiger partial charge in [0.15, 0.2) is 0 Å². The molecule has 2 fully saturated rings. The van der Waals surface area contributed by atoms with Crippen LogP contribution < -0.4 is 0 Å². The molecular weight excluding hydrogens is 432 g/mol. The SMILES string of the molecule is COC(=O)C1CC2CCCCC2N1C(=O)c1ccc2c(c1)C(=O)N(CCc1ccccc1)C2=O. The first kappa shape index (κ1) is 22.3. The molecule has 2 aromatic rings. The minimum atomic E-state index is -0.612. The van der Waals surface area contributed by atoms with Crippen molar-refractivity contribution in [3.8, 4) is 0 Å². The van der Waals surface area contributed by atoms with E-state index in [9.17, 15) is 19.2 Å². The number of nitrogens with zero attached hydrogens (tertiary/aromatic N) is 2. The molecule has 176 valence electrons. The maximum absolute atomic E-state index is 13.6. The third-order valence-corrected chi connectivity index (χ3v) is 7.48. The molecule has 7 heteroatoms. The fraction of sp³-hybridized carbons (Fsp3) is 0.407. The van der Waals surface area contributed by atoms with Gasteiger partial charge in [-0.2, -0.15) is 0 Å². The molecule has 5 rings (SSSR count). The average Bonchev–Trinajstić information content (AvgIpc) is 3.37. The van der Waals surface area contributed by atoms with Crippen molar-refractivity contribution in [3.05, 3.63) is 70.8 Å². The van der Waals surface area contributed by atoms with Crippen LogP contribution in [0, 0.1) is 5.92 Å². The fourth-order valence-electron chi connectivity index (χ4n) is 5.76. The van der Waals surface area contributed by atoms with Crippen LogP contribution in [0.25, 0.3) is 0 Å². The van der Waals surface area contributed by atoms with E-state index in [2.05, 4.69) is 0 Å². The summed E-state index contributed by atoms with van der Waals surface area (Å²) in [5, 5.41) is 0. The summed E-state index contributed by atoms with van der Waals surface area (Å²) < 4.78 is 5.00. The van der Waals surface area contributed by atoms with Crippen LogP contribution in [0.1, 0.15) is 68.7 Å². The molecule has 34 heavy (non-hydrogen) atoms. The number of imide groups is 1. The Morgan fingerprint density at radius 3 is 2.47 bits per heavy atom. The Hall–Kier alpha value is -3.48. The van der Waals surface area contributed by atoms with Crippen molar-refractivity contribution in [1.82, 2.24) is 9.80 Å². The Balaban J connectivity index is 1.39. The van der Waals surface area contributed by atoms with Gasteiger partial charge in [-0.25, -0.2) is 4.79 Å². The van der Waals surface area contributed by atoms with E-state index in [4.69, 9.17) is 4.74 Å². The second kappa shape index (κ2) is 9.05. The maximum Gasteiger partial charge on any atom is 0.328 e. The predicted molar refractivity (Wildman–Crippen MR) is 124 cm³/mol. The van der Waals surface area contributed by atoms with E-state index >= 15 is 0 Å². The number of carbonyl (C=O) groups is 4. The van der Waals surface area contributed by atoms with Crippen molar-refractivity contribution in [3.63, 3.8) is 0 Å². The van der Waals surface area contributed by atoms with Crippen molar-refractivity contribution in [2.45, 2.75) is 50.6 Å². The number of carbonyl (C=O) groups excluding carboxylic acids is 4. The normalized spacial score (nSPS) is 23.6. The van der Waals surface area contributed by atoms with Crippen LogP contribution in [-0.4, -0.2) is 59.2 Å². The second-order valence-corrected chi connectivity index (χ2v) is 9.36. The van der Waals surface area contributed by atoms with Crippen LogP contribution >= 0.6 is 0 Å². The predicted octanol–water partition coefficient (Wildman–Crippen LogP) is 3.47. The Kier molecular flexibility index (Phi) is 5.94. The number of benzene rings is 2. The van der Waals surface area contributed by atoms with Crippen molar-refractivity contribution in [1.29, 1.82) is 0 Å². The highest BCUT2D eigenvalue weighted by molar-refractivity contribution is 6.22. The summed E-state index contributed by atoms with van der Waals surface area (Å²) in [4.78, 5) is 55.0. The Bertz CT molecular complexity index is 1140. The topological polar surface area (TPSA) is 84.0 Å². The molecule has 0 radical (unpaired) electrons. The lowest BCUT2D eigenvalue weighted by Gasteiger charge is -2.33. The summed E-state index contributed by atoms with van der Waals surface area (Å²) in [6.45, 7) is 0.278. The van der Waals surface area contributed by atoms with E-state index in [1.165, 1.54) is 18.1 Å². The maximum atomic E-state index is 13.6. The van der Waals surface area contributed by atoms with Gasteiger partial charge in [0.05, 0.1) is 18.2 Å². The third-order valence-electron chi connectivity index (χ3n) is 7.48. The summed E-state index contributed by atoms with van der Waals surface area (Å²) in [6, 6.07) is 13.7. The molecule has 3 unspecified atom stereocenters. The molecule has 0 aromatic heterocycles. The lowest BCUT2D eigenvalue weighted by Crippen LogP contribution is -2.46. The number of ether oxygens (including phenoxy) is 1. The van der Waals surface area contributed by atoms with Gasteiger partial charge in [-0.3, -0.25) is 19.3 Å². The van der Waals surface area contributed by atoms with E-state index in [-0.39, 0.29) is 41.8 Å². The van der Waals surface area contributed by atoms with Gasteiger partial charge in [-0.05, 0) is 55.4 Å². The Morgan fingerprint density at radius 1 is 0.971 bits per heavy atom. The lowest BCUT2D eigenvalue weighted by molar-refractivity contribution is -0.145. The van der Waals surface area contributed by atoms with Gasteiger partial charge in [0.1, 0.15) is 6.04 Å². The summed E-state index contributed by atoms with van der Waals surface area (Å²) in [6.07, 6.45) is 5.15. The molecular formula is C27H28N2O5. The molecule has 3 atom stereocenters. The molecule has 1 saturated heterocycles.